The summed E-state index contributed by atoms with van der Waals surface area (Å²) in [5.41, 5.74) is -3.36. The molecular formula is C36H62O12. The van der Waals surface area contributed by atoms with Crippen molar-refractivity contribution in [2.24, 2.45) is 51.8 Å². The Kier molecular flexibility index (Phi) is 18.4. The molecule has 0 bridgehead atoms. The molecule has 12 nitrogen and oxygen atoms in total. The van der Waals surface area contributed by atoms with Gasteiger partial charge in [-0.3, -0.25) is 28.8 Å². The summed E-state index contributed by atoms with van der Waals surface area (Å²) in [7, 11) is 0. The van der Waals surface area contributed by atoms with Gasteiger partial charge in [-0.25, -0.2) is 0 Å². The van der Waals surface area contributed by atoms with Gasteiger partial charge in [0.2, 0.25) is 0 Å². The Labute approximate surface area is 287 Å². The lowest BCUT2D eigenvalue weighted by Crippen LogP contribution is -2.42. The summed E-state index contributed by atoms with van der Waals surface area (Å²) in [5.74, 6) is -6.76. The Bertz CT molecular complexity index is 1090. The maximum Gasteiger partial charge on any atom is 0.309 e. The van der Waals surface area contributed by atoms with Crippen LogP contribution in [0.4, 0.5) is 0 Å². The average molecular weight is 687 g/mol. The highest BCUT2D eigenvalue weighted by Gasteiger charge is 2.46. The molecule has 48 heavy (non-hydrogen) atoms. The van der Waals surface area contributed by atoms with Crippen molar-refractivity contribution in [3.63, 3.8) is 0 Å². The molecule has 0 aliphatic rings. The van der Waals surface area contributed by atoms with Crippen LogP contribution < -0.4 is 0 Å². The van der Waals surface area contributed by atoms with Crippen LogP contribution in [0.2, 0.25) is 0 Å². The molecule has 0 heterocycles. The Morgan fingerprint density at radius 3 is 1.29 bits per heavy atom. The molecule has 0 saturated heterocycles. The van der Waals surface area contributed by atoms with Gasteiger partial charge in [0.15, 0.2) is 0 Å². The molecule has 12 heteroatoms. The van der Waals surface area contributed by atoms with Gasteiger partial charge in [0.25, 0.3) is 0 Å². The minimum Gasteiger partial charge on any atom is -0.481 e. The molecule has 0 rings (SSSR count). The smallest absolute Gasteiger partial charge is 0.309 e. The fourth-order valence-electron chi connectivity index (χ4n) is 6.05. The van der Waals surface area contributed by atoms with Gasteiger partial charge in [-0.05, 0) is 62.7 Å². The first-order valence-corrected chi connectivity index (χ1v) is 17.1. The molecule has 5 unspecified atom stereocenters. The Morgan fingerprint density at radius 2 is 0.938 bits per heavy atom. The van der Waals surface area contributed by atoms with E-state index in [1.54, 1.807) is 55.4 Å². The van der Waals surface area contributed by atoms with Gasteiger partial charge >= 0.3 is 35.8 Å². The van der Waals surface area contributed by atoms with Crippen molar-refractivity contribution in [1.82, 2.24) is 0 Å². The third-order valence-electron chi connectivity index (χ3n) is 9.27. The second-order valence-electron chi connectivity index (χ2n) is 15.4. The summed E-state index contributed by atoms with van der Waals surface area (Å²) in [6, 6.07) is 0. The van der Waals surface area contributed by atoms with Crippen LogP contribution in [0.3, 0.4) is 0 Å². The highest BCUT2D eigenvalue weighted by atomic mass is 16.6. The molecule has 0 aromatic carbocycles. The fraction of sp³-hybridized carbons (Fsp3) is 0.833. The number of hydrogen-bond donors (Lipinski definition) is 2. The lowest BCUT2D eigenvalue weighted by Gasteiger charge is -2.39. The fourth-order valence-corrected chi connectivity index (χ4v) is 6.05. The highest BCUT2D eigenvalue weighted by Crippen LogP contribution is 2.44. The zero-order valence-electron chi connectivity index (χ0n) is 31.3. The van der Waals surface area contributed by atoms with Crippen LogP contribution in [0.25, 0.3) is 0 Å². The average Bonchev–Trinajstić information content (AvgIpc) is 2.96. The van der Waals surface area contributed by atoms with E-state index in [1.165, 1.54) is 0 Å². The van der Waals surface area contributed by atoms with Crippen molar-refractivity contribution in [1.29, 1.82) is 0 Å². The first-order valence-electron chi connectivity index (χ1n) is 17.1. The van der Waals surface area contributed by atoms with Gasteiger partial charge in [-0.15, -0.1) is 0 Å². The predicted molar refractivity (Wildman–Crippen MR) is 179 cm³/mol. The molecular weight excluding hydrogens is 624 g/mol. The molecule has 0 spiro atoms. The second kappa shape index (κ2) is 19.7. The monoisotopic (exact) mass is 686 g/mol. The third kappa shape index (κ3) is 14.5. The van der Waals surface area contributed by atoms with E-state index in [9.17, 15) is 39.0 Å². The molecule has 0 aliphatic carbocycles. The van der Waals surface area contributed by atoms with Crippen molar-refractivity contribution in [3.05, 3.63) is 0 Å². The number of carboxylic acids is 2. The Morgan fingerprint density at radius 1 is 0.562 bits per heavy atom. The summed E-state index contributed by atoms with van der Waals surface area (Å²) in [4.78, 5) is 75.0. The van der Waals surface area contributed by atoms with Crippen LogP contribution in [0.1, 0.15) is 115 Å². The van der Waals surface area contributed by atoms with Crippen LogP contribution in [0.5, 0.6) is 0 Å². The highest BCUT2D eigenvalue weighted by molar-refractivity contribution is 5.79. The van der Waals surface area contributed by atoms with E-state index >= 15 is 0 Å². The molecule has 2 N–H and O–H groups in total. The SMILES string of the molecule is CCC(=O)OCCOC(=O)C(C)C(C)(C)CC(C)(CC(C(=O)OCCOC(=O)C(CC(C)(CC(C)C)C(=O)O)C(C)C)C(C)C)C(=O)O. The quantitative estimate of drug-likeness (QED) is 0.0710. The molecule has 0 radical (unpaired) electrons. The number of carboxylic acid groups (broad SMARTS) is 2. The lowest BCUT2D eigenvalue weighted by atomic mass is 9.64. The standard InChI is InChI=1S/C36H62O12/c1-13-28(37)45-14-15-46-29(38)25(8)34(9,10)21-36(12,33(43)44)20-27(24(6)7)31(40)48-17-16-47-30(39)26(23(4)5)19-35(11,32(41)42)18-22(2)3/h22-27H,13-21H2,1-12H3,(H,41,42)(H,43,44). The van der Waals surface area contributed by atoms with Gasteiger partial charge < -0.3 is 29.2 Å². The van der Waals surface area contributed by atoms with Crippen LogP contribution in [-0.2, 0) is 47.7 Å². The van der Waals surface area contributed by atoms with Crippen molar-refractivity contribution >= 4 is 35.8 Å². The third-order valence-corrected chi connectivity index (χ3v) is 9.27. The number of carbonyl (C=O) groups excluding carboxylic acids is 4. The van der Waals surface area contributed by atoms with E-state index in [2.05, 4.69) is 0 Å². The number of esters is 4. The lowest BCUT2D eigenvalue weighted by molar-refractivity contribution is -0.165. The van der Waals surface area contributed by atoms with Crippen LogP contribution >= 0.6 is 0 Å². The normalized spacial score (nSPS) is 16.3. The van der Waals surface area contributed by atoms with Crippen LogP contribution in [0.15, 0.2) is 0 Å². The number of ether oxygens (including phenoxy) is 4. The van der Waals surface area contributed by atoms with Gasteiger partial charge in [0.1, 0.15) is 26.4 Å². The van der Waals surface area contributed by atoms with E-state index < -0.39 is 69.8 Å². The van der Waals surface area contributed by atoms with E-state index in [1.807, 2.05) is 27.7 Å². The maximum atomic E-state index is 13.2. The zero-order chi connectivity index (χ0) is 37.6. The largest absolute Gasteiger partial charge is 0.481 e. The van der Waals surface area contributed by atoms with Crippen molar-refractivity contribution in [3.8, 4) is 0 Å². The van der Waals surface area contributed by atoms with Gasteiger partial charge in [-0.1, -0.05) is 69.2 Å². The molecule has 5 atom stereocenters. The molecule has 0 aliphatic heterocycles. The number of hydrogen-bond acceptors (Lipinski definition) is 10. The molecule has 0 aromatic rings. The van der Waals surface area contributed by atoms with Crippen molar-refractivity contribution < 1.29 is 57.9 Å². The molecule has 278 valence electrons. The Hall–Kier alpha value is -3.18. The van der Waals surface area contributed by atoms with E-state index in [-0.39, 0.29) is 69.9 Å². The topological polar surface area (TPSA) is 180 Å². The predicted octanol–water partition coefficient (Wildman–Crippen LogP) is 6.17. The number of carbonyl (C=O) groups is 6. The van der Waals surface area contributed by atoms with Crippen molar-refractivity contribution in [2.75, 3.05) is 26.4 Å². The van der Waals surface area contributed by atoms with Crippen LogP contribution in [0, 0.1) is 51.8 Å². The zero-order valence-corrected chi connectivity index (χ0v) is 31.3. The summed E-state index contributed by atoms with van der Waals surface area (Å²) in [6.07, 6.45) is 0.709. The van der Waals surface area contributed by atoms with E-state index in [0.717, 1.165) is 0 Å². The Balaban J connectivity index is 5.47. The number of aliphatic carboxylic acids is 2. The summed E-state index contributed by atoms with van der Waals surface area (Å²) < 4.78 is 21.1. The van der Waals surface area contributed by atoms with Gasteiger partial charge in [-0.2, -0.15) is 0 Å². The van der Waals surface area contributed by atoms with Gasteiger partial charge in [0, 0.05) is 6.42 Å². The molecule has 0 aromatic heterocycles. The summed E-state index contributed by atoms with van der Waals surface area (Å²) in [5, 5.41) is 20.2. The summed E-state index contributed by atoms with van der Waals surface area (Å²) >= 11 is 0. The minimum atomic E-state index is -1.41. The molecule has 0 amide bonds. The second-order valence-corrected chi connectivity index (χ2v) is 15.4. The maximum absolute atomic E-state index is 13.2. The van der Waals surface area contributed by atoms with Gasteiger partial charge in [0.05, 0.1) is 28.6 Å². The van der Waals surface area contributed by atoms with Crippen molar-refractivity contribution in [2.45, 2.75) is 115 Å². The minimum absolute atomic E-state index is 0.0488. The first kappa shape index (κ1) is 44.8. The number of rotatable bonds is 23. The summed E-state index contributed by atoms with van der Waals surface area (Å²) in [6.45, 7) is 20.4. The van der Waals surface area contributed by atoms with E-state index in [0.29, 0.717) is 6.42 Å². The van der Waals surface area contributed by atoms with E-state index in [4.69, 9.17) is 18.9 Å². The molecule has 0 saturated carbocycles. The first-order chi connectivity index (χ1) is 21.9. The van der Waals surface area contributed by atoms with Crippen LogP contribution in [-0.4, -0.2) is 72.5 Å². The molecule has 0 fully saturated rings.